The molecule has 1 aromatic heterocycles. The van der Waals surface area contributed by atoms with E-state index < -0.39 is 0 Å². The van der Waals surface area contributed by atoms with Gasteiger partial charge in [-0.15, -0.1) is 0 Å². The fraction of sp³-hybridized carbons (Fsp3) is 0.778. The fourth-order valence-electron chi connectivity index (χ4n) is 3.65. The lowest BCUT2D eigenvalue weighted by Crippen LogP contribution is -2.47. The van der Waals surface area contributed by atoms with E-state index in [1.165, 1.54) is 19.4 Å². The molecule has 2 atom stereocenters. The molecule has 0 radical (unpaired) electrons. The number of piperidine rings is 1. The normalized spacial score (nSPS) is 25.3. The molecule has 3 heterocycles. The van der Waals surface area contributed by atoms with E-state index in [4.69, 9.17) is 4.42 Å². The second-order valence-corrected chi connectivity index (χ2v) is 7.99. The van der Waals surface area contributed by atoms with Gasteiger partial charge >= 0.3 is 0 Å². The van der Waals surface area contributed by atoms with E-state index >= 15 is 0 Å². The molecule has 0 saturated carbocycles. The Balaban J connectivity index is 1.44. The summed E-state index contributed by atoms with van der Waals surface area (Å²) in [7, 11) is 0. The summed E-state index contributed by atoms with van der Waals surface area (Å²) < 4.78 is 5.75. The lowest BCUT2D eigenvalue weighted by atomic mass is 9.94. The van der Waals surface area contributed by atoms with Crippen molar-refractivity contribution in [1.82, 2.24) is 15.2 Å². The van der Waals surface area contributed by atoms with Crippen molar-refractivity contribution in [3.05, 3.63) is 17.8 Å². The minimum atomic E-state index is -0.0389. The molecule has 2 aliphatic rings. The number of carbonyl (C=O) groups excluding carboxylic acids is 1. The van der Waals surface area contributed by atoms with Crippen LogP contribution in [0.5, 0.6) is 0 Å². The Morgan fingerprint density at radius 2 is 2.22 bits per heavy atom. The Morgan fingerprint density at radius 3 is 2.96 bits per heavy atom. The van der Waals surface area contributed by atoms with Crippen molar-refractivity contribution < 1.29 is 9.21 Å². The maximum absolute atomic E-state index is 12.2. The van der Waals surface area contributed by atoms with E-state index in [2.05, 4.69) is 36.0 Å². The van der Waals surface area contributed by atoms with Crippen molar-refractivity contribution >= 4 is 5.91 Å². The van der Waals surface area contributed by atoms with Crippen LogP contribution in [0, 0.1) is 0 Å². The van der Waals surface area contributed by atoms with E-state index in [-0.39, 0.29) is 11.3 Å². The number of amides is 1. The van der Waals surface area contributed by atoms with Crippen LogP contribution in [0.2, 0.25) is 0 Å². The Hall–Kier alpha value is -1.36. The predicted octanol–water partition coefficient (Wildman–Crippen LogP) is 2.65. The van der Waals surface area contributed by atoms with E-state index in [1.807, 2.05) is 0 Å². The Labute approximate surface area is 138 Å². The van der Waals surface area contributed by atoms with Gasteiger partial charge in [0.05, 0.1) is 6.20 Å². The smallest absolute Gasteiger partial charge is 0.220 e. The molecule has 5 heteroatoms. The lowest BCUT2D eigenvalue weighted by molar-refractivity contribution is -0.122. The van der Waals surface area contributed by atoms with Gasteiger partial charge in [-0.3, -0.25) is 4.79 Å². The molecule has 0 spiro atoms. The summed E-state index contributed by atoms with van der Waals surface area (Å²) in [5, 5.41) is 3.20. The molecule has 128 valence electrons. The highest BCUT2D eigenvalue weighted by atomic mass is 16.4. The molecular weight excluding hydrogens is 290 g/mol. The quantitative estimate of drug-likeness (QED) is 0.927. The third-order valence-electron chi connectivity index (χ3n) is 5.04. The largest absolute Gasteiger partial charge is 0.445 e. The minimum Gasteiger partial charge on any atom is -0.445 e. The van der Waals surface area contributed by atoms with Gasteiger partial charge in [0, 0.05) is 36.9 Å². The minimum absolute atomic E-state index is 0.0389. The number of aryl methyl sites for hydroxylation is 1. The van der Waals surface area contributed by atoms with Crippen LogP contribution in [0.4, 0.5) is 0 Å². The van der Waals surface area contributed by atoms with Gasteiger partial charge in [0.15, 0.2) is 5.89 Å². The topological polar surface area (TPSA) is 58.4 Å². The second-order valence-electron chi connectivity index (χ2n) is 7.99. The number of hydrogen-bond donors (Lipinski definition) is 1. The van der Waals surface area contributed by atoms with Crippen LogP contribution in [-0.2, 0) is 16.6 Å². The van der Waals surface area contributed by atoms with E-state index in [9.17, 15) is 4.79 Å². The van der Waals surface area contributed by atoms with E-state index in [0.717, 1.165) is 25.1 Å². The van der Waals surface area contributed by atoms with Gasteiger partial charge in [0.2, 0.25) is 5.91 Å². The molecule has 1 aromatic rings. The van der Waals surface area contributed by atoms with Gasteiger partial charge in [0.1, 0.15) is 5.76 Å². The highest BCUT2D eigenvalue weighted by Crippen LogP contribution is 2.27. The van der Waals surface area contributed by atoms with Crippen LogP contribution >= 0.6 is 0 Å². The summed E-state index contributed by atoms with van der Waals surface area (Å²) in [6.07, 6.45) is 7.60. The van der Waals surface area contributed by atoms with Crippen molar-refractivity contribution in [3.63, 3.8) is 0 Å². The van der Waals surface area contributed by atoms with Gasteiger partial charge in [-0.1, -0.05) is 20.8 Å². The average molecular weight is 319 g/mol. The fourth-order valence-corrected chi connectivity index (χ4v) is 3.65. The number of aromatic nitrogens is 1. The van der Waals surface area contributed by atoms with Gasteiger partial charge < -0.3 is 14.6 Å². The first kappa shape index (κ1) is 16.5. The van der Waals surface area contributed by atoms with Crippen molar-refractivity contribution in [1.29, 1.82) is 0 Å². The van der Waals surface area contributed by atoms with Gasteiger partial charge in [-0.25, -0.2) is 4.98 Å². The SMILES string of the molecule is CC(C)(C)c1cnc(CCC(=O)N[C@H]2CCN3CCC[C@H]3C2)o1. The van der Waals surface area contributed by atoms with Crippen LogP contribution < -0.4 is 5.32 Å². The van der Waals surface area contributed by atoms with Crippen molar-refractivity contribution in [3.8, 4) is 0 Å². The van der Waals surface area contributed by atoms with Gasteiger partial charge in [-0.05, 0) is 32.2 Å². The molecular formula is C18H29N3O2. The standard InChI is InChI=1S/C18H29N3O2/c1-18(2,3)15-12-19-17(23-15)7-6-16(22)20-13-8-10-21-9-4-5-14(21)11-13/h12-14H,4-11H2,1-3H3,(H,20,22)/t13-,14-/m0/s1. The first-order valence-corrected chi connectivity index (χ1v) is 8.90. The molecule has 0 aliphatic carbocycles. The number of hydrogen-bond acceptors (Lipinski definition) is 4. The molecule has 23 heavy (non-hydrogen) atoms. The van der Waals surface area contributed by atoms with Gasteiger partial charge in [0.25, 0.3) is 0 Å². The average Bonchev–Trinajstić information content (AvgIpc) is 3.13. The zero-order chi connectivity index (χ0) is 16.4. The van der Waals surface area contributed by atoms with Crippen molar-refractivity contribution in [2.24, 2.45) is 0 Å². The number of nitrogens with zero attached hydrogens (tertiary/aromatic N) is 2. The summed E-state index contributed by atoms with van der Waals surface area (Å²) in [6, 6.07) is 1.03. The van der Waals surface area contributed by atoms with Crippen LogP contribution in [0.3, 0.4) is 0 Å². The molecule has 1 N–H and O–H groups in total. The van der Waals surface area contributed by atoms with Crippen molar-refractivity contribution in [2.45, 2.75) is 76.8 Å². The van der Waals surface area contributed by atoms with Gasteiger partial charge in [-0.2, -0.15) is 0 Å². The monoisotopic (exact) mass is 319 g/mol. The molecule has 2 fully saturated rings. The molecule has 5 nitrogen and oxygen atoms in total. The Bertz CT molecular complexity index is 547. The summed E-state index contributed by atoms with van der Waals surface area (Å²) in [6.45, 7) is 8.66. The van der Waals surface area contributed by atoms with Crippen LogP contribution in [-0.4, -0.2) is 41.0 Å². The Morgan fingerprint density at radius 1 is 1.39 bits per heavy atom. The highest BCUT2D eigenvalue weighted by Gasteiger charge is 2.32. The summed E-state index contributed by atoms with van der Waals surface area (Å²) in [4.78, 5) is 19.1. The number of fused-ring (bicyclic) bond motifs is 1. The zero-order valence-electron chi connectivity index (χ0n) is 14.6. The lowest BCUT2D eigenvalue weighted by Gasteiger charge is -2.35. The summed E-state index contributed by atoms with van der Waals surface area (Å²) in [5.41, 5.74) is -0.0389. The molecule has 0 unspecified atom stereocenters. The van der Waals surface area contributed by atoms with E-state index in [1.54, 1.807) is 6.20 Å². The first-order valence-electron chi connectivity index (χ1n) is 8.90. The second kappa shape index (κ2) is 6.63. The summed E-state index contributed by atoms with van der Waals surface area (Å²) >= 11 is 0. The summed E-state index contributed by atoms with van der Waals surface area (Å²) in [5.74, 6) is 1.66. The number of rotatable bonds is 4. The third-order valence-corrected chi connectivity index (χ3v) is 5.04. The van der Waals surface area contributed by atoms with E-state index in [0.29, 0.717) is 30.8 Å². The van der Waals surface area contributed by atoms with Crippen LogP contribution in [0.1, 0.15) is 64.5 Å². The Kier molecular flexibility index (Phi) is 4.76. The van der Waals surface area contributed by atoms with Crippen molar-refractivity contribution in [2.75, 3.05) is 13.1 Å². The molecule has 2 aliphatic heterocycles. The molecule has 1 amide bonds. The zero-order valence-corrected chi connectivity index (χ0v) is 14.6. The first-order chi connectivity index (χ1) is 10.9. The maximum atomic E-state index is 12.2. The predicted molar refractivity (Wildman–Crippen MR) is 89.3 cm³/mol. The third kappa shape index (κ3) is 4.14. The molecule has 2 saturated heterocycles. The molecule has 0 bridgehead atoms. The number of oxazole rings is 1. The highest BCUT2D eigenvalue weighted by molar-refractivity contribution is 5.76. The molecule has 0 aromatic carbocycles. The number of carbonyl (C=O) groups is 1. The molecule has 3 rings (SSSR count). The maximum Gasteiger partial charge on any atom is 0.220 e. The van der Waals surface area contributed by atoms with Crippen LogP contribution in [0.25, 0.3) is 0 Å². The van der Waals surface area contributed by atoms with Crippen LogP contribution in [0.15, 0.2) is 10.6 Å². The number of nitrogens with one attached hydrogen (secondary N) is 1.